The summed E-state index contributed by atoms with van der Waals surface area (Å²) in [4.78, 5) is 46.3. The number of hydrogen-bond donors (Lipinski definition) is 1. The highest BCUT2D eigenvalue weighted by Gasteiger charge is 2.46. The first-order valence-corrected chi connectivity index (χ1v) is 19.3. The number of piperazine rings is 1. The van der Waals surface area contributed by atoms with Crippen LogP contribution in [0.4, 0.5) is 8.78 Å². The van der Waals surface area contributed by atoms with Gasteiger partial charge in [-0.2, -0.15) is 0 Å². The van der Waals surface area contributed by atoms with Crippen LogP contribution in [0, 0.1) is 11.6 Å². The number of esters is 1. The summed E-state index contributed by atoms with van der Waals surface area (Å²) in [5.74, 6) is -1.26. The largest absolute Gasteiger partial charge is 0.493 e. The fourth-order valence-corrected chi connectivity index (χ4v) is 8.44. The fraction of sp³-hybridized carbons (Fsp3) is 0.500. The summed E-state index contributed by atoms with van der Waals surface area (Å²) in [6, 6.07) is 17.2. The second-order valence-corrected chi connectivity index (χ2v) is 14.8. The molecule has 0 spiro atoms. The van der Waals surface area contributed by atoms with E-state index in [1.807, 2.05) is 40.2 Å². The minimum atomic E-state index is -0.923. The molecule has 2 amide bonds. The highest BCUT2D eigenvalue weighted by molar-refractivity contribution is 5.96. The van der Waals surface area contributed by atoms with E-state index in [1.54, 1.807) is 30.0 Å². The second kappa shape index (κ2) is 18.0. The lowest BCUT2D eigenvalue weighted by Crippen LogP contribution is -2.59. The van der Waals surface area contributed by atoms with Gasteiger partial charge in [0.1, 0.15) is 0 Å². The minimum Gasteiger partial charge on any atom is -0.493 e. The molecule has 1 N–H and O–H groups in total. The van der Waals surface area contributed by atoms with Gasteiger partial charge in [0.05, 0.1) is 39.9 Å². The number of halogens is 2. The molecule has 0 radical (unpaired) electrons. The molecule has 14 heteroatoms. The van der Waals surface area contributed by atoms with Crippen molar-refractivity contribution in [3.05, 3.63) is 89.0 Å². The van der Waals surface area contributed by atoms with E-state index in [-0.39, 0.29) is 24.3 Å². The number of ether oxygens (including phenoxy) is 4. The van der Waals surface area contributed by atoms with Crippen molar-refractivity contribution in [1.29, 1.82) is 0 Å². The Morgan fingerprint density at radius 3 is 2.04 bits per heavy atom. The molecule has 0 aromatic heterocycles. The van der Waals surface area contributed by atoms with Crippen molar-refractivity contribution in [2.75, 3.05) is 93.4 Å². The Labute approximate surface area is 327 Å². The zero-order valence-electron chi connectivity index (χ0n) is 32.8. The first kappa shape index (κ1) is 40.9. The van der Waals surface area contributed by atoms with Crippen LogP contribution in [0.2, 0.25) is 0 Å². The molecule has 302 valence electrons. The van der Waals surface area contributed by atoms with Crippen molar-refractivity contribution in [2.24, 2.45) is 0 Å². The number of hydrogen-bond acceptors (Lipinski definition) is 10. The monoisotopic (exact) mass is 777 g/mol. The van der Waals surface area contributed by atoms with E-state index in [4.69, 9.17) is 18.9 Å². The van der Waals surface area contributed by atoms with Crippen LogP contribution < -0.4 is 19.6 Å². The maximum atomic E-state index is 14.8. The molecule has 3 aromatic carbocycles. The summed E-state index contributed by atoms with van der Waals surface area (Å²) in [7, 11) is 4.48. The molecular weight excluding hydrogens is 724 g/mol. The number of piperidine rings is 1. The van der Waals surface area contributed by atoms with Gasteiger partial charge in [0.25, 0.3) is 5.91 Å². The van der Waals surface area contributed by atoms with Gasteiger partial charge in [-0.1, -0.05) is 36.4 Å². The number of carbonyl (C=O) groups excluding carboxylic acids is 3. The average Bonchev–Trinajstić information content (AvgIpc) is 3.67. The van der Waals surface area contributed by atoms with Crippen molar-refractivity contribution >= 4 is 17.8 Å². The normalized spacial score (nSPS) is 20.4. The van der Waals surface area contributed by atoms with E-state index in [9.17, 15) is 23.2 Å². The van der Waals surface area contributed by atoms with Gasteiger partial charge in [-0.25, -0.2) is 13.8 Å². The van der Waals surface area contributed by atoms with Crippen molar-refractivity contribution in [3.8, 4) is 17.2 Å². The third kappa shape index (κ3) is 8.77. The quantitative estimate of drug-likeness (QED) is 0.237. The Bertz CT molecular complexity index is 1830. The molecule has 3 fully saturated rings. The van der Waals surface area contributed by atoms with Crippen LogP contribution in [0.15, 0.2) is 60.7 Å². The molecule has 12 nitrogen and oxygen atoms in total. The number of benzene rings is 3. The number of methoxy groups -OCH3 is 3. The van der Waals surface area contributed by atoms with E-state index >= 15 is 0 Å². The summed E-state index contributed by atoms with van der Waals surface area (Å²) < 4.78 is 50.5. The molecule has 1 unspecified atom stereocenters. The predicted octanol–water partition coefficient (Wildman–Crippen LogP) is 4.41. The molecule has 3 saturated heterocycles. The molecular formula is C42H53F2N5O7. The number of amides is 2. The summed E-state index contributed by atoms with van der Waals surface area (Å²) in [6.45, 7) is 7.49. The smallest absolute Gasteiger partial charge is 0.320 e. The molecule has 0 saturated carbocycles. The number of rotatable bonds is 14. The molecule has 0 bridgehead atoms. The van der Waals surface area contributed by atoms with Gasteiger partial charge < -0.3 is 28.7 Å². The Morgan fingerprint density at radius 2 is 1.43 bits per heavy atom. The van der Waals surface area contributed by atoms with Crippen molar-refractivity contribution < 1.29 is 42.1 Å². The molecule has 0 aliphatic carbocycles. The zero-order valence-corrected chi connectivity index (χ0v) is 32.8. The molecule has 3 aliphatic rings. The zero-order chi connectivity index (χ0) is 39.9. The number of likely N-dealkylation sites (tertiary alicyclic amines) is 2. The van der Waals surface area contributed by atoms with Crippen LogP contribution in [-0.4, -0.2) is 131 Å². The number of nitrogens with zero attached hydrogens (tertiary/aromatic N) is 4. The lowest BCUT2D eigenvalue weighted by atomic mass is 9.71. The van der Waals surface area contributed by atoms with Crippen LogP contribution in [0.1, 0.15) is 54.1 Å². The Morgan fingerprint density at radius 1 is 0.750 bits per heavy atom. The third-order valence-corrected chi connectivity index (χ3v) is 11.8. The Hall–Kier alpha value is -4.79. The van der Waals surface area contributed by atoms with E-state index < -0.39 is 22.5 Å². The summed E-state index contributed by atoms with van der Waals surface area (Å²) in [5, 5.41) is 1.94. The fourth-order valence-electron chi connectivity index (χ4n) is 8.44. The Balaban J connectivity index is 1.15. The van der Waals surface area contributed by atoms with E-state index in [0.29, 0.717) is 120 Å². The van der Waals surface area contributed by atoms with Gasteiger partial charge in [-0.3, -0.25) is 24.7 Å². The summed E-state index contributed by atoms with van der Waals surface area (Å²) >= 11 is 0. The van der Waals surface area contributed by atoms with Crippen LogP contribution >= 0.6 is 0 Å². The van der Waals surface area contributed by atoms with E-state index in [0.717, 1.165) is 11.6 Å². The number of carbonyl (C=O) groups is 3. The van der Waals surface area contributed by atoms with Crippen molar-refractivity contribution in [1.82, 2.24) is 25.1 Å². The number of nitrogens with one attached hydrogen (secondary N) is 1. The minimum absolute atomic E-state index is 0.0443. The van der Waals surface area contributed by atoms with E-state index in [2.05, 4.69) is 10.3 Å². The van der Waals surface area contributed by atoms with E-state index in [1.165, 1.54) is 27.4 Å². The average molecular weight is 778 g/mol. The molecule has 3 aliphatic heterocycles. The van der Waals surface area contributed by atoms with Crippen molar-refractivity contribution in [2.45, 2.75) is 43.4 Å². The molecule has 3 heterocycles. The summed E-state index contributed by atoms with van der Waals surface area (Å²) in [6.07, 6.45) is 2.34. The van der Waals surface area contributed by atoms with Gasteiger partial charge in [-0.15, -0.1) is 0 Å². The molecule has 1 atom stereocenters. The lowest BCUT2D eigenvalue weighted by molar-refractivity contribution is -0.145. The Kier molecular flexibility index (Phi) is 13.1. The van der Waals surface area contributed by atoms with Crippen LogP contribution in [0.3, 0.4) is 0 Å². The van der Waals surface area contributed by atoms with Crippen LogP contribution in [-0.2, 0) is 25.2 Å². The van der Waals surface area contributed by atoms with Gasteiger partial charge in [0, 0.05) is 50.2 Å². The molecule has 56 heavy (non-hydrogen) atoms. The first-order chi connectivity index (χ1) is 27.0. The van der Waals surface area contributed by atoms with Crippen LogP contribution in [0.5, 0.6) is 17.2 Å². The maximum absolute atomic E-state index is 14.8. The first-order valence-electron chi connectivity index (χ1n) is 19.3. The predicted molar refractivity (Wildman–Crippen MR) is 206 cm³/mol. The maximum Gasteiger partial charge on any atom is 0.320 e. The third-order valence-electron chi connectivity index (χ3n) is 11.8. The van der Waals surface area contributed by atoms with Crippen LogP contribution in [0.25, 0.3) is 0 Å². The standard InChI is InChI=1S/C42H53F2N5O7/c1-5-56-37(50)28-47-21-23-49(24-22-47)45-40(52)42(31-9-7-6-8-10-31)15-18-46(19-16-42)17-13-41(32-11-12-33(43)34(44)27-32)14-20-48(29-41)39(51)30-25-35(53-2)38(55-4)36(26-30)54-3/h6-12,25-27H,5,13-24,28-29H2,1-4H3,(H,45,52). The topological polar surface area (TPSA) is 113 Å². The lowest BCUT2D eigenvalue weighted by Gasteiger charge is -2.43. The van der Waals surface area contributed by atoms with Gasteiger partial charge in [-0.05, 0) is 87.6 Å². The molecule has 6 rings (SSSR count). The highest BCUT2D eigenvalue weighted by Crippen LogP contribution is 2.43. The number of hydrazine groups is 1. The summed E-state index contributed by atoms with van der Waals surface area (Å²) in [5.41, 5.74) is 3.82. The van der Waals surface area contributed by atoms with Gasteiger partial charge >= 0.3 is 5.97 Å². The van der Waals surface area contributed by atoms with Gasteiger partial charge in [0.15, 0.2) is 23.1 Å². The second-order valence-electron chi connectivity index (χ2n) is 14.8. The molecule has 3 aromatic rings. The van der Waals surface area contributed by atoms with Crippen molar-refractivity contribution in [3.63, 3.8) is 0 Å². The highest BCUT2D eigenvalue weighted by atomic mass is 19.2. The SMILES string of the molecule is CCOC(=O)CN1CCN(NC(=O)C2(c3ccccc3)CCN(CCC3(c4ccc(F)c(F)c4)CCN(C(=O)c4cc(OC)c(OC)c(OC)c4)C3)CC2)CC1. The van der Waals surface area contributed by atoms with Gasteiger partial charge in [0.2, 0.25) is 11.7 Å².